The topological polar surface area (TPSA) is 0 Å². The van der Waals surface area contributed by atoms with Crippen LogP contribution in [0.5, 0.6) is 0 Å². The molecule has 0 bridgehead atoms. The van der Waals surface area contributed by atoms with Gasteiger partial charge in [-0.05, 0) is 70.3 Å². The maximum absolute atomic E-state index is 3.78. The fraction of sp³-hybridized carbons (Fsp3) is 0.111. The summed E-state index contributed by atoms with van der Waals surface area (Å²) in [5.41, 5.74) is 10.7. The van der Waals surface area contributed by atoms with Crippen molar-refractivity contribution in [2.24, 2.45) is 0 Å². The van der Waals surface area contributed by atoms with E-state index in [1.807, 2.05) is 12.2 Å². The van der Waals surface area contributed by atoms with Gasteiger partial charge in [-0.3, -0.25) is 0 Å². The summed E-state index contributed by atoms with van der Waals surface area (Å²) >= 11 is 0. The van der Waals surface area contributed by atoms with Crippen LogP contribution >= 0.6 is 0 Å². The van der Waals surface area contributed by atoms with Gasteiger partial charge in [0.25, 0.3) is 0 Å². The molecule has 3 aromatic carbocycles. The zero-order valence-electron chi connectivity index (χ0n) is 15.8. The van der Waals surface area contributed by atoms with Gasteiger partial charge in [0.15, 0.2) is 0 Å². The molecule has 0 fully saturated rings. The van der Waals surface area contributed by atoms with Crippen LogP contribution in [0.1, 0.15) is 23.6 Å². The van der Waals surface area contributed by atoms with Crippen molar-refractivity contribution < 1.29 is 0 Å². The minimum Gasteiger partial charge on any atom is -0.0991 e. The minimum absolute atomic E-state index is 1.11. The van der Waals surface area contributed by atoms with Gasteiger partial charge in [-0.25, -0.2) is 0 Å². The van der Waals surface area contributed by atoms with Gasteiger partial charge in [0, 0.05) is 0 Å². The first-order valence-corrected chi connectivity index (χ1v) is 9.57. The average Bonchev–Trinajstić information content (AvgIpc) is 2.74. The van der Waals surface area contributed by atoms with Crippen molar-refractivity contribution in [3.8, 4) is 22.3 Å². The van der Waals surface area contributed by atoms with Crippen LogP contribution in [0.25, 0.3) is 27.8 Å². The van der Waals surface area contributed by atoms with E-state index in [9.17, 15) is 0 Å². The molecule has 0 aromatic heterocycles. The third-order valence-electron chi connectivity index (χ3n) is 5.33. The Balaban J connectivity index is 1.77. The summed E-state index contributed by atoms with van der Waals surface area (Å²) in [4.78, 5) is 0. The largest absolute Gasteiger partial charge is 0.0991 e. The van der Waals surface area contributed by atoms with Gasteiger partial charge in [0.2, 0.25) is 0 Å². The highest BCUT2D eigenvalue weighted by molar-refractivity contribution is 5.82. The van der Waals surface area contributed by atoms with Crippen molar-refractivity contribution in [2.75, 3.05) is 0 Å². The zero-order chi connectivity index (χ0) is 18.6. The predicted molar refractivity (Wildman–Crippen MR) is 118 cm³/mol. The molecule has 132 valence electrons. The van der Waals surface area contributed by atoms with Crippen molar-refractivity contribution in [3.63, 3.8) is 0 Å². The molecule has 0 saturated heterocycles. The molecule has 0 nitrogen and oxygen atoms in total. The molecule has 0 atom stereocenters. The second-order valence-corrected chi connectivity index (χ2v) is 6.95. The van der Waals surface area contributed by atoms with Crippen LogP contribution in [0.15, 0.2) is 97.6 Å². The Morgan fingerprint density at radius 1 is 0.815 bits per heavy atom. The Kier molecular flexibility index (Phi) is 4.89. The number of allylic oxidation sites excluding steroid dienone is 5. The summed E-state index contributed by atoms with van der Waals surface area (Å²) in [6, 6.07) is 24.4. The molecule has 1 aliphatic carbocycles. The molecule has 27 heavy (non-hydrogen) atoms. The second kappa shape index (κ2) is 7.63. The summed E-state index contributed by atoms with van der Waals surface area (Å²) in [5.74, 6) is 0. The van der Waals surface area contributed by atoms with Crippen LogP contribution in [0.2, 0.25) is 0 Å². The van der Waals surface area contributed by atoms with Gasteiger partial charge in [-0.15, -0.1) is 0 Å². The molecule has 0 unspecified atom stereocenters. The highest BCUT2D eigenvalue weighted by atomic mass is 14.2. The third-order valence-corrected chi connectivity index (χ3v) is 5.33. The van der Waals surface area contributed by atoms with Gasteiger partial charge in [-0.2, -0.15) is 0 Å². The van der Waals surface area contributed by atoms with E-state index in [4.69, 9.17) is 0 Å². The Bertz CT molecular complexity index is 1030. The number of hydrogen-bond donors (Lipinski definition) is 0. The van der Waals surface area contributed by atoms with E-state index in [2.05, 4.69) is 92.4 Å². The van der Waals surface area contributed by atoms with Crippen molar-refractivity contribution in [1.29, 1.82) is 0 Å². The number of benzene rings is 3. The monoisotopic (exact) mass is 348 g/mol. The molecule has 0 heterocycles. The smallest absolute Gasteiger partial charge is 0.0143 e. The van der Waals surface area contributed by atoms with E-state index in [1.165, 1.54) is 44.5 Å². The predicted octanol–water partition coefficient (Wildman–Crippen LogP) is 7.26. The summed E-state index contributed by atoms with van der Waals surface area (Å²) in [6.45, 7) is 5.87. The minimum atomic E-state index is 1.11. The summed E-state index contributed by atoms with van der Waals surface area (Å²) in [7, 11) is 0. The molecule has 0 saturated carbocycles. The van der Waals surface area contributed by atoms with E-state index in [1.54, 1.807) is 0 Å². The second-order valence-electron chi connectivity index (χ2n) is 6.95. The highest BCUT2D eigenvalue weighted by Gasteiger charge is 2.17. The van der Waals surface area contributed by atoms with E-state index >= 15 is 0 Å². The van der Waals surface area contributed by atoms with Gasteiger partial charge in [-0.1, -0.05) is 91.5 Å². The van der Waals surface area contributed by atoms with Gasteiger partial charge < -0.3 is 0 Å². The summed E-state index contributed by atoms with van der Waals surface area (Å²) in [6.07, 6.45) is 10.3. The van der Waals surface area contributed by atoms with E-state index in [-0.39, 0.29) is 0 Å². The zero-order valence-corrected chi connectivity index (χ0v) is 15.8. The van der Waals surface area contributed by atoms with Crippen LogP contribution < -0.4 is 0 Å². The maximum Gasteiger partial charge on any atom is -0.0143 e. The number of hydrogen-bond acceptors (Lipinski definition) is 0. The number of fused-ring (bicyclic) bond motifs is 3. The van der Waals surface area contributed by atoms with Crippen LogP contribution in [-0.2, 0) is 12.8 Å². The van der Waals surface area contributed by atoms with Gasteiger partial charge in [0.1, 0.15) is 0 Å². The highest BCUT2D eigenvalue weighted by Crippen LogP contribution is 2.37. The van der Waals surface area contributed by atoms with Crippen molar-refractivity contribution in [1.82, 2.24) is 0 Å². The summed E-state index contributed by atoms with van der Waals surface area (Å²) < 4.78 is 0. The van der Waals surface area contributed by atoms with Gasteiger partial charge >= 0.3 is 0 Å². The lowest BCUT2D eigenvalue weighted by molar-refractivity contribution is 0.942. The van der Waals surface area contributed by atoms with E-state index in [0.717, 1.165) is 12.8 Å². The molecule has 0 heteroatoms. The molecule has 4 rings (SSSR count). The Morgan fingerprint density at radius 2 is 1.63 bits per heavy atom. The molecule has 1 aliphatic rings. The van der Waals surface area contributed by atoms with E-state index < -0.39 is 0 Å². The SMILES string of the molecule is C=C/C=C\C(=C/C)c1ccc2c(c1)-c1ccc(-c3ccccc3)cc1CC2. The summed E-state index contributed by atoms with van der Waals surface area (Å²) in [5, 5.41) is 0. The maximum atomic E-state index is 3.78. The molecule has 0 radical (unpaired) electrons. The fourth-order valence-corrected chi connectivity index (χ4v) is 3.90. The Morgan fingerprint density at radius 3 is 2.41 bits per heavy atom. The molecular formula is C27H24. The van der Waals surface area contributed by atoms with Crippen LogP contribution in [0, 0.1) is 0 Å². The number of aryl methyl sites for hydroxylation is 2. The first-order chi connectivity index (χ1) is 13.3. The van der Waals surface area contributed by atoms with Crippen molar-refractivity contribution in [3.05, 3.63) is 114 Å². The first-order valence-electron chi connectivity index (χ1n) is 9.57. The molecule has 0 amide bonds. The van der Waals surface area contributed by atoms with Crippen LogP contribution in [0.4, 0.5) is 0 Å². The standard InChI is InChI=1S/C27H24/c1-3-5-9-20(4-2)24-14-12-22-13-15-25-18-23(21-10-7-6-8-11-21)16-17-26(25)27(22)19-24/h3-12,14,16-19H,1,13,15H2,2H3/b9-5-,20-4+. The molecule has 0 aliphatic heterocycles. The van der Waals surface area contributed by atoms with Crippen LogP contribution in [-0.4, -0.2) is 0 Å². The lowest BCUT2D eigenvalue weighted by atomic mass is 9.82. The Labute approximate surface area is 162 Å². The lowest BCUT2D eigenvalue weighted by Gasteiger charge is -2.22. The van der Waals surface area contributed by atoms with Crippen molar-refractivity contribution in [2.45, 2.75) is 19.8 Å². The Hall–Kier alpha value is -3.12. The molecular weight excluding hydrogens is 324 g/mol. The molecule has 3 aromatic rings. The fourth-order valence-electron chi connectivity index (χ4n) is 3.90. The quantitative estimate of drug-likeness (QED) is 0.435. The van der Waals surface area contributed by atoms with E-state index in [0.29, 0.717) is 0 Å². The molecule has 0 N–H and O–H groups in total. The van der Waals surface area contributed by atoms with Crippen LogP contribution in [0.3, 0.4) is 0 Å². The number of rotatable bonds is 4. The normalized spacial score (nSPS) is 13.3. The average molecular weight is 348 g/mol. The lowest BCUT2D eigenvalue weighted by Crippen LogP contribution is -2.04. The van der Waals surface area contributed by atoms with Crippen molar-refractivity contribution >= 4 is 5.57 Å². The molecule has 0 spiro atoms. The van der Waals surface area contributed by atoms with Gasteiger partial charge in [0.05, 0.1) is 0 Å². The third kappa shape index (κ3) is 3.44. The first kappa shape index (κ1) is 17.3.